The van der Waals surface area contributed by atoms with Crippen molar-refractivity contribution < 1.29 is 17.3 Å². The fourth-order valence-corrected chi connectivity index (χ4v) is 0.972. The molecule has 0 spiro atoms. The second-order valence-electron chi connectivity index (χ2n) is 3.05. The number of hydrogen-bond acceptors (Lipinski definition) is 1. The van der Waals surface area contributed by atoms with Crippen LogP contribution in [0, 0.1) is 0 Å². The van der Waals surface area contributed by atoms with Crippen LogP contribution in [0.2, 0.25) is 0 Å². The average Bonchev–Trinajstić information content (AvgIpc) is 2.45. The molecule has 0 radical (unpaired) electrons. The van der Waals surface area contributed by atoms with Gasteiger partial charge >= 0.3 is 7.25 Å². The third-order valence-corrected chi connectivity index (χ3v) is 1.67. The SMILES string of the molecule is CCCCc1nccn1C.F[B-](F)(F)F. The molecule has 7 heteroatoms. The first-order chi connectivity index (χ1) is 6.84. The van der Waals surface area contributed by atoms with Crippen LogP contribution >= 0.6 is 0 Å². The van der Waals surface area contributed by atoms with Crippen LogP contribution in [-0.2, 0) is 13.5 Å². The summed E-state index contributed by atoms with van der Waals surface area (Å²) in [7, 11) is -3.96. The molecule has 0 N–H and O–H groups in total. The van der Waals surface area contributed by atoms with Gasteiger partial charge in [0.2, 0.25) is 0 Å². The molecule has 0 atom stereocenters. The van der Waals surface area contributed by atoms with Crippen molar-refractivity contribution in [1.82, 2.24) is 9.55 Å². The Balaban J connectivity index is 0.000000336. The number of nitrogens with zero attached hydrogens (tertiary/aromatic N) is 2. The van der Waals surface area contributed by atoms with E-state index in [1.54, 1.807) is 0 Å². The van der Waals surface area contributed by atoms with Crippen LogP contribution in [0.25, 0.3) is 0 Å². The van der Waals surface area contributed by atoms with Gasteiger partial charge in [-0.1, -0.05) is 13.3 Å². The van der Waals surface area contributed by atoms with Crippen LogP contribution in [0.3, 0.4) is 0 Å². The molecule has 1 rings (SSSR count). The topological polar surface area (TPSA) is 17.8 Å². The van der Waals surface area contributed by atoms with Crippen molar-refractivity contribution in [3.8, 4) is 0 Å². The molecule has 0 aliphatic rings. The van der Waals surface area contributed by atoms with Gasteiger partial charge in [0, 0.05) is 25.9 Å². The molecule has 0 bridgehead atoms. The van der Waals surface area contributed by atoms with Crippen molar-refractivity contribution in [3.05, 3.63) is 18.2 Å². The highest BCUT2D eigenvalue weighted by molar-refractivity contribution is 6.50. The average molecular weight is 225 g/mol. The van der Waals surface area contributed by atoms with Gasteiger partial charge in [0.15, 0.2) is 0 Å². The number of aromatic nitrogens is 2. The van der Waals surface area contributed by atoms with E-state index in [1.807, 2.05) is 19.4 Å². The van der Waals surface area contributed by atoms with Crippen molar-refractivity contribution in [3.63, 3.8) is 0 Å². The van der Waals surface area contributed by atoms with E-state index in [1.165, 1.54) is 18.7 Å². The zero-order valence-corrected chi connectivity index (χ0v) is 8.76. The first-order valence-corrected chi connectivity index (χ1v) is 4.68. The Labute approximate surface area is 86.4 Å². The fourth-order valence-electron chi connectivity index (χ4n) is 0.972. The predicted molar refractivity (Wildman–Crippen MR) is 52.0 cm³/mol. The van der Waals surface area contributed by atoms with Crippen LogP contribution in [0.5, 0.6) is 0 Å². The number of hydrogen-bond donors (Lipinski definition) is 0. The van der Waals surface area contributed by atoms with Gasteiger partial charge < -0.3 is 21.8 Å². The quantitative estimate of drug-likeness (QED) is 0.570. The molecule has 1 aromatic heterocycles. The second-order valence-corrected chi connectivity index (χ2v) is 3.05. The lowest BCUT2D eigenvalue weighted by molar-refractivity contribution is 0.368. The van der Waals surface area contributed by atoms with E-state index in [4.69, 9.17) is 0 Å². The lowest BCUT2D eigenvalue weighted by Crippen LogP contribution is -2.02. The van der Waals surface area contributed by atoms with Crippen LogP contribution in [0.1, 0.15) is 25.6 Å². The van der Waals surface area contributed by atoms with Gasteiger partial charge in [-0.25, -0.2) is 4.98 Å². The normalized spacial score (nSPS) is 10.8. The monoisotopic (exact) mass is 225 g/mol. The number of imidazole rings is 1. The largest absolute Gasteiger partial charge is 0.673 e. The smallest absolute Gasteiger partial charge is 0.418 e. The highest BCUT2D eigenvalue weighted by Gasteiger charge is 2.20. The summed E-state index contributed by atoms with van der Waals surface area (Å²) < 4.78 is 41.1. The van der Waals surface area contributed by atoms with Gasteiger partial charge in [0.25, 0.3) is 0 Å². The van der Waals surface area contributed by atoms with Crippen molar-refractivity contribution >= 4 is 7.25 Å². The Bertz CT molecular complexity index is 266. The lowest BCUT2D eigenvalue weighted by atomic mass is 10.2. The predicted octanol–water partition coefficient (Wildman–Crippen LogP) is 3.06. The Kier molecular flexibility index (Phi) is 6.04. The Morgan fingerprint density at radius 2 is 1.87 bits per heavy atom. The van der Waals surface area contributed by atoms with Gasteiger partial charge in [0.1, 0.15) is 5.82 Å². The molecule has 2 nitrogen and oxygen atoms in total. The first-order valence-electron chi connectivity index (χ1n) is 4.68. The molecule has 0 amide bonds. The number of aryl methyl sites for hydroxylation is 2. The summed E-state index contributed by atoms with van der Waals surface area (Å²) in [4.78, 5) is 4.22. The molecule has 1 heterocycles. The maximum Gasteiger partial charge on any atom is 0.673 e. The van der Waals surface area contributed by atoms with E-state index in [0.29, 0.717) is 0 Å². The summed E-state index contributed by atoms with van der Waals surface area (Å²) in [6.45, 7) is 2.20. The molecule has 0 unspecified atom stereocenters. The van der Waals surface area contributed by atoms with E-state index in [9.17, 15) is 17.3 Å². The molecule has 0 aromatic carbocycles. The maximum absolute atomic E-state index is 9.75. The molecule has 88 valence electrons. The molecule has 0 aliphatic carbocycles. The van der Waals surface area contributed by atoms with E-state index in [2.05, 4.69) is 16.5 Å². The lowest BCUT2D eigenvalue weighted by Gasteiger charge is -1.97. The van der Waals surface area contributed by atoms with Crippen LogP contribution in [0.15, 0.2) is 12.4 Å². The number of halogens is 4. The second kappa shape index (κ2) is 6.47. The van der Waals surface area contributed by atoms with Gasteiger partial charge in [-0.15, -0.1) is 0 Å². The zero-order valence-electron chi connectivity index (χ0n) is 8.76. The highest BCUT2D eigenvalue weighted by Crippen LogP contribution is 2.06. The van der Waals surface area contributed by atoms with Crippen LogP contribution in [0.4, 0.5) is 17.3 Å². The summed E-state index contributed by atoms with van der Waals surface area (Å²) in [6.07, 6.45) is 7.44. The standard InChI is InChI=1S/C8H14N2.BF4/c1-3-4-5-8-9-6-7-10(8)2;2-1(3,4)5/h6-7H,3-5H2,1-2H3;/q;-1. The molecule has 0 fully saturated rings. The third kappa shape index (κ3) is 9.30. The minimum absolute atomic E-state index is 1.11. The van der Waals surface area contributed by atoms with E-state index >= 15 is 0 Å². The summed E-state index contributed by atoms with van der Waals surface area (Å²) in [5, 5.41) is 0. The molecule has 0 aliphatic heterocycles. The summed E-state index contributed by atoms with van der Waals surface area (Å²) >= 11 is 0. The minimum Gasteiger partial charge on any atom is -0.418 e. The third-order valence-electron chi connectivity index (χ3n) is 1.67. The Hall–Kier alpha value is -1.01. The number of unbranched alkanes of at least 4 members (excludes halogenated alkanes) is 1. The maximum atomic E-state index is 9.75. The van der Waals surface area contributed by atoms with Crippen molar-refractivity contribution in [2.24, 2.45) is 7.05 Å². The van der Waals surface area contributed by atoms with E-state index in [-0.39, 0.29) is 0 Å². The van der Waals surface area contributed by atoms with Crippen LogP contribution in [-0.4, -0.2) is 16.8 Å². The summed E-state index contributed by atoms with van der Waals surface area (Å²) in [5.74, 6) is 1.20. The first kappa shape index (κ1) is 14.0. The van der Waals surface area contributed by atoms with Crippen LogP contribution < -0.4 is 0 Å². The van der Waals surface area contributed by atoms with Gasteiger partial charge in [-0.2, -0.15) is 0 Å². The molecular weight excluding hydrogens is 211 g/mol. The van der Waals surface area contributed by atoms with E-state index in [0.717, 1.165) is 6.42 Å². The zero-order chi connectivity index (χ0) is 11.9. The molecule has 0 saturated heterocycles. The fraction of sp³-hybridized carbons (Fsp3) is 0.625. The number of rotatable bonds is 3. The van der Waals surface area contributed by atoms with Crippen molar-refractivity contribution in [2.75, 3.05) is 0 Å². The molecule has 0 saturated carbocycles. The van der Waals surface area contributed by atoms with Gasteiger partial charge in [-0.05, 0) is 6.42 Å². The molecule has 1 aromatic rings. The highest BCUT2D eigenvalue weighted by atomic mass is 19.5. The van der Waals surface area contributed by atoms with E-state index < -0.39 is 7.25 Å². The summed E-state index contributed by atoms with van der Waals surface area (Å²) in [5.41, 5.74) is 0. The van der Waals surface area contributed by atoms with Gasteiger partial charge in [0.05, 0.1) is 0 Å². The summed E-state index contributed by atoms with van der Waals surface area (Å²) in [6, 6.07) is 0. The van der Waals surface area contributed by atoms with Gasteiger partial charge in [-0.3, -0.25) is 0 Å². The Morgan fingerprint density at radius 3 is 2.20 bits per heavy atom. The van der Waals surface area contributed by atoms with Crippen molar-refractivity contribution in [1.29, 1.82) is 0 Å². The molecule has 15 heavy (non-hydrogen) atoms. The Morgan fingerprint density at radius 1 is 1.33 bits per heavy atom. The van der Waals surface area contributed by atoms with Crippen molar-refractivity contribution in [2.45, 2.75) is 26.2 Å². The minimum atomic E-state index is -6.00. The molecular formula is C8H14BF4N2-.